The van der Waals surface area contributed by atoms with Crippen LogP contribution in [0.4, 0.5) is 32.0 Å². The highest BCUT2D eigenvalue weighted by Gasteiger charge is 2.53. The second-order valence-electron chi connectivity index (χ2n) is 7.40. The van der Waals surface area contributed by atoms with Crippen LogP contribution in [0.5, 0.6) is 0 Å². The summed E-state index contributed by atoms with van der Waals surface area (Å²) >= 11 is 0. The van der Waals surface area contributed by atoms with Gasteiger partial charge in [0.25, 0.3) is 5.91 Å². The normalized spacial score (nSPS) is 22.8. The van der Waals surface area contributed by atoms with Crippen LogP contribution in [0.15, 0.2) is 18.2 Å². The smallest absolute Gasteiger partial charge is 0.395 e. The van der Waals surface area contributed by atoms with E-state index in [0.717, 1.165) is 12.1 Å². The van der Waals surface area contributed by atoms with Gasteiger partial charge in [0, 0.05) is 38.4 Å². The maximum atomic E-state index is 13.6. The predicted octanol–water partition coefficient (Wildman–Crippen LogP) is 1.81. The Labute approximate surface area is 179 Å². The van der Waals surface area contributed by atoms with Crippen molar-refractivity contribution in [1.29, 1.82) is 5.26 Å². The number of benzene rings is 1. The van der Waals surface area contributed by atoms with Gasteiger partial charge in [-0.2, -0.15) is 31.6 Å². The van der Waals surface area contributed by atoms with Gasteiger partial charge in [-0.05, 0) is 18.2 Å². The molecule has 0 unspecified atom stereocenters. The van der Waals surface area contributed by atoms with Crippen molar-refractivity contribution >= 4 is 11.6 Å². The molecule has 1 aromatic carbocycles. The Hall–Kier alpha value is -2.56. The van der Waals surface area contributed by atoms with Gasteiger partial charge in [0.15, 0.2) is 6.10 Å². The summed E-state index contributed by atoms with van der Waals surface area (Å²) in [6, 6.07) is 3.59. The first kappa shape index (κ1) is 24.1. The molecule has 0 aromatic heterocycles. The van der Waals surface area contributed by atoms with Crippen molar-refractivity contribution in [3.63, 3.8) is 0 Å². The van der Waals surface area contributed by atoms with Crippen molar-refractivity contribution in [1.82, 2.24) is 9.80 Å². The van der Waals surface area contributed by atoms with E-state index in [2.05, 4.69) is 0 Å². The number of aliphatic hydroxyl groups is 1. The first-order chi connectivity index (χ1) is 15.0. The SMILES string of the molecule is N#Cc1ccc(N2C[C@@H](C(=O)N3CCN(CCO)CC3)O[C@@H]2C(F)(F)F)cc1C(F)(F)F. The Kier molecular flexibility index (Phi) is 6.87. The fourth-order valence-electron chi connectivity index (χ4n) is 3.76. The van der Waals surface area contributed by atoms with Gasteiger partial charge in [0.05, 0.1) is 30.3 Å². The van der Waals surface area contributed by atoms with Crippen molar-refractivity contribution in [2.45, 2.75) is 24.7 Å². The summed E-state index contributed by atoms with van der Waals surface area (Å²) in [5.74, 6) is -0.685. The van der Waals surface area contributed by atoms with Gasteiger partial charge in [-0.25, -0.2) is 0 Å². The molecule has 0 aliphatic carbocycles. The highest BCUT2D eigenvalue weighted by Crippen LogP contribution is 2.39. The third kappa shape index (κ3) is 5.08. The van der Waals surface area contributed by atoms with Crippen molar-refractivity contribution in [2.24, 2.45) is 0 Å². The minimum Gasteiger partial charge on any atom is -0.395 e. The molecular weight excluding hydrogens is 446 g/mol. The number of carbonyl (C=O) groups excluding carboxylic acids is 1. The molecule has 1 aromatic rings. The standard InChI is InChI=1S/C19H20F6N4O3/c20-18(21,22)14-9-13(2-1-12(14)10-26)29-11-15(32-17(29)19(23,24)25)16(31)28-5-3-27(4-6-28)7-8-30/h1-2,9,15,17,30H,3-8,11H2/t15-,17+/m0/s1. The van der Waals surface area contributed by atoms with Crippen LogP contribution >= 0.6 is 0 Å². The zero-order chi connectivity index (χ0) is 23.7. The van der Waals surface area contributed by atoms with Gasteiger partial charge in [-0.1, -0.05) is 0 Å². The Morgan fingerprint density at radius 3 is 2.34 bits per heavy atom. The average molecular weight is 466 g/mol. The number of carbonyl (C=O) groups is 1. The Balaban J connectivity index is 1.83. The molecular formula is C19H20F6N4O3. The number of piperazine rings is 1. The van der Waals surface area contributed by atoms with Crippen LogP contribution in [-0.4, -0.2) is 85.2 Å². The van der Waals surface area contributed by atoms with E-state index in [4.69, 9.17) is 15.1 Å². The van der Waals surface area contributed by atoms with Gasteiger partial charge in [-0.15, -0.1) is 0 Å². The van der Waals surface area contributed by atoms with E-state index < -0.39 is 54.0 Å². The maximum absolute atomic E-state index is 13.6. The number of amides is 1. The van der Waals surface area contributed by atoms with Crippen LogP contribution in [0.1, 0.15) is 11.1 Å². The van der Waals surface area contributed by atoms with Crippen LogP contribution < -0.4 is 4.90 Å². The van der Waals surface area contributed by atoms with Gasteiger partial charge in [0.2, 0.25) is 6.23 Å². The lowest BCUT2D eigenvalue weighted by atomic mass is 10.1. The largest absolute Gasteiger partial charge is 0.433 e. The van der Waals surface area contributed by atoms with E-state index in [1.165, 1.54) is 11.0 Å². The lowest BCUT2D eigenvalue weighted by Crippen LogP contribution is -2.52. The highest BCUT2D eigenvalue weighted by atomic mass is 19.4. The van der Waals surface area contributed by atoms with E-state index in [-0.39, 0.29) is 19.7 Å². The topological polar surface area (TPSA) is 80.0 Å². The van der Waals surface area contributed by atoms with Gasteiger partial charge in [0.1, 0.15) is 0 Å². The summed E-state index contributed by atoms with van der Waals surface area (Å²) in [5.41, 5.74) is -2.55. The number of β-amino-alcohol motifs (C(OH)–C–C–N with tert-alkyl or cyclic N) is 1. The summed E-state index contributed by atoms with van der Waals surface area (Å²) in [6.45, 7) is 1.06. The third-order valence-corrected chi connectivity index (χ3v) is 5.36. The number of aliphatic hydroxyl groups excluding tert-OH is 1. The first-order valence-corrected chi connectivity index (χ1v) is 9.68. The number of rotatable bonds is 4. The third-order valence-electron chi connectivity index (χ3n) is 5.36. The van der Waals surface area contributed by atoms with Crippen molar-refractivity contribution < 1.29 is 41.0 Å². The zero-order valence-corrected chi connectivity index (χ0v) is 16.7. The Morgan fingerprint density at radius 2 is 1.81 bits per heavy atom. The summed E-state index contributed by atoms with van der Waals surface area (Å²) in [5, 5.41) is 17.9. The molecule has 2 atom stereocenters. The van der Waals surface area contributed by atoms with E-state index >= 15 is 0 Å². The molecule has 2 heterocycles. The van der Waals surface area contributed by atoms with E-state index in [1.54, 1.807) is 0 Å². The summed E-state index contributed by atoms with van der Waals surface area (Å²) in [6.07, 6.45) is -14.0. The van der Waals surface area contributed by atoms with Gasteiger partial charge in [-0.3, -0.25) is 9.69 Å². The molecule has 13 heteroatoms. The van der Waals surface area contributed by atoms with Crippen LogP contribution in [0.3, 0.4) is 0 Å². The van der Waals surface area contributed by atoms with Gasteiger partial charge >= 0.3 is 12.4 Å². The molecule has 1 N–H and O–H groups in total. The molecule has 2 aliphatic heterocycles. The zero-order valence-electron chi connectivity index (χ0n) is 16.7. The maximum Gasteiger partial charge on any atom is 0.433 e. The second kappa shape index (κ2) is 9.13. The number of ether oxygens (including phenoxy) is 1. The Morgan fingerprint density at radius 1 is 1.16 bits per heavy atom. The molecule has 176 valence electrons. The van der Waals surface area contributed by atoms with Crippen LogP contribution in [0, 0.1) is 11.3 Å². The number of hydrogen-bond donors (Lipinski definition) is 1. The minimum atomic E-state index is -4.97. The van der Waals surface area contributed by atoms with E-state index in [9.17, 15) is 31.1 Å². The summed E-state index contributed by atoms with van der Waals surface area (Å²) in [7, 11) is 0. The minimum absolute atomic E-state index is 0.0631. The lowest BCUT2D eigenvalue weighted by Gasteiger charge is -2.35. The van der Waals surface area contributed by atoms with E-state index in [0.29, 0.717) is 30.6 Å². The molecule has 2 aliphatic rings. The Bertz CT molecular complexity index is 877. The first-order valence-electron chi connectivity index (χ1n) is 9.68. The van der Waals surface area contributed by atoms with Crippen molar-refractivity contribution in [3.05, 3.63) is 29.3 Å². The molecule has 0 bridgehead atoms. The number of halogens is 6. The molecule has 0 radical (unpaired) electrons. The molecule has 3 rings (SSSR count). The van der Waals surface area contributed by atoms with Crippen LogP contribution in [-0.2, 0) is 15.7 Å². The van der Waals surface area contributed by atoms with Crippen molar-refractivity contribution in [2.75, 3.05) is 50.8 Å². The fourth-order valence-corrected chi connectivity index (χ4v) is 3.76. The summed E-state index contributed by atoms with van der Waals surface area (Å²) in [4.78, 5) is 16.5. The average Bonchev–Trinajstić information content (AvgIpc) is 3.19. The molecule has 0 saturated carbocycles. The molecule has 1 amide bonds. The summed E-state index contributed by atoms with van der Waals surface area (Å²) < 4.78 is 85.6. The number of alkyl halides is 6. The van der Waals surface area contributed by atoms with Gasteiger partial charge < -0.3 is 19.6 Å². The number of nitrogens with zero attached hydrogens (tertiary/aromatic N) is 4. The predicted molar refractivity (Wildman–Crippen MR) is 98.3 cm³/mol. The van der Waals surface area contributed by atoms with Crippen molar-refractivity contribution in [3.8, 4) is 6.07 Å². The molecule has 32 heavy (non-hydrogen) atoms. The molecule has 7 nitrogen and oxygen atoms in total. The fraction of sp³-hybridized carbons (Fsp3) is 0.579. The second-order valence-corrected chi connectivity index (χ2v) is 7.40. The number of anilines is 1. The van der Waals surface area contributed by atoms with E-state index in [1.807, 2.05) is 4.90 Å². The monoisotopic (exact) mass is 466 g/mol. The molecule has 2 fully saturated rings. The molecule has 0 spiro atoms. The van der Waals surface area contributed by atoms with Crippen LogP contribution in [0.2, 0.25) is 0 Å². The number of nitriles is 1. The quantitative estimate of drug-likeness (QED) is 0.682. The van der Waals surface area contributed by atoms with Crippen LogP contribution in [0.25, 0.3) is 0 Å². The molecule has 2 saturated heterocycles. The highest BCUT2D eigenvalue weighted by molar-refractivity contribution is 5.82. The lowest BCUT2D eigenvalue weighted by molar-refractivity contribution is -0.215. The number of hydrogen-bond acceptors (Lipinski definition) is 6.